The second-order valence-corrected chi connectivity index (χ2v) is 7.86. The fraction of sp³-hybridized carbons (Fsp3) is 0.368. The largest absolute Gasteiger partial charge is 0.467 e. The molecule has 2 heterocycles. The first-order chi connectivity index (χ1) is 13.1. The third kappa shape index (κ3) is 3.87. The van der Waals surface area contributed by atoms with E-state index in [1.165, 1.54) is 11.8 Å². The van der Waals surface area contributed by atoms with Gasteiger partial charge in [-0.2, -0.15) is 0 Å². The SMILES string of the molecule is O=C(Nc1ccccc1)[C@H]1C[C@@H](O)[C@H](O)[C@@H]2N=C(NCc3ccco3)S[C@@H]21. The first-order valence-corrected chi connectivity index (χ1v) is 9.72. The Labute approximate surface area is 160 Å². The molecule has 0 unspecified atom stereocenters. The number of carbonyl (C=O) groups excluding carboxylic acids is 1. The molecule has 8 heteroatoms. The highest BCUT2D eigenvalue weighted by molar-refractivity contribution is 8.14. The Hall–Kier alpha value is -2.29. The highest BCUT2D eigenvalue weighted by atomic mass is 32.2. The van der Waals surface area contributed by atoms with Crippen LogP contribution in [-0.4, -0.2) is 44.8 Å². The van der Waals surface area contributed by atoms with Crippen LogP contribution in [-0.2, 0) is 11.3 Å². The number of furan rings is 1. The van der Waals surface area contributed by atoms with Crippen LogP contribution in [0, 0.1) is 5.92 Å². The van der Waals surface area contributed by atoms with Gasteiger partial charge < -0.3 is 25.3 Å². The van der Waals surface area contributed by atoms with Crippen molar-refractivity contribution in [1.82, 2.24) is 5.32 Å². The number of aliphatic hydroxyl groups excluding tert-OH is 2. The van der Waals surface area contributed by atoms with Crippen molar-refractivity contribution in [3.63, 3.8) is 0 Å². The van der Waals surface area contributed by atoms with Gasteiger partial charge in [0, 0.05) is 10.9 Å². The van der Waals surface area contributed by atoms with E-state index in [-0.39, 0.29) is 17.6 Å². The molecule has 27 heavy (non-hydrogen) atoms. The predicted molar refractivity (Wildman–Crippen MR) is 103 cm³/mol. The van der Waals surface area contributed by atoms with Gasteiger partial charge in [0.25, 0.3) is 0 Å². The van der Waals surface area contributed by atoms with Crippen LogP contribution in [0.3, 0.4) is 0 Å². The van der Waals surface area contributed by atoms with Crippen molar-refractivity contribution < 1.29 is 19.4 Å². The van der Waals surface area contributed by atoms with Gasteiger partial charge in [-0.15, -0.1) is 0 Å². The molecule has 1 fully saturated rings. The number of aliphatic imine (C=N–C) groups is 1. The summed E-state index contributed by atoms with van der Waals surface area (Å²) in [7, 11) is 0. The molecule has 7 nitrogen and oxygen atoms in total. The number of nitrogens with one attached hydrogen (secondary N) is 2. The minimum absolute atomic E-state index is 0.169. The number of para-hydroxylation sites is 1. The molecule has 1 aromatic carbocycles. The molecule has 0 bridgehead atoms. The van der Waals surface area contributed by atoms with Crippen LogP contribution in [0.25, 0.3) is 0 Å². The van der Waals surface area contributed by atoms with Crippen molar-refractivity contribution >= 4 is 28.5 Å². The molecule has 4 N–H and O–H groups in total. The zero-order valence-corrected chi connectivity index (χ0v) is 15.3. The van der Waals surface area contributed by atoms with Crippen LogP contribution in [0.5, 0.6) is 0 Å². The molecule has 1 saturated carbocycles. The fourth-order valence-electron chi connectivity index (χ4n) is 3.47. The Morgan fingerprint density at radius 1 is 1.22 bits per heavy atom. The summed E-state index contributed by atoms with van der Waals surface area (Å²) >= 11 is 1.43. The van der Waals surface area contributed by atoms with E-state index >= 15 is 0 Å². The third-order valence-corrected chi connectivity index (χ3v) is 6.21. The van der Waals surface area contributed by atoms with Crippen molar-refractivity contribution in [3.8, 4) is 0 Å². The fourth-order valence-corrected chi connectivity index (χ4v) is 4.82. The Bertz CT molecular complexity index is 812. The summed E-state index contributed by atoms with van der Waals surface area (Å²) in [4.78, 5) is 17.3. The third-order valence-electron chi connectivity index (χ3n) is 4.86. The van der Waals surface area contributed by atoms with Gasteiger partial charge in [-0.25, -0.2) is 0 Å². The molecule has 1 aliphatic carbocycles. The number of amides is 1. The van der Waals surface area contributed by atoms with Gasteiger partial charge in [0.2, 0.25) is 5.91 Å². The van der Waals surface area contributed by atoms with Gasteiger partial charge in [-0.3, -0.25) is 9.79 Å². The molecule has 0 spiro atoms. The number of nitrogens with zero attached hydrogens (tertiary/aromatic N) is 1. The van der Waals surface area contributed by atoms with Gasteiger partial charge in [0.15, 0.2) is 5.17 Å². The minimum atomic E-state index is -0.980. The van der Waals surface area contributed by atoms with Crippen LogP contribution >= 0.6 is 11.8 Å². The van der Waals surface area contributed by atoms with Gasteiger partial charge in [-0.1, -0.05) is 30.0 Å². The number of rotatable bonds is 4. The number of aliphatic hydroxyl groups is 2. The number of hydrogen-bond donors (Lipinski definition) is 4. The van der Waals surface area contributed by atoms with Crippen LogP contribution < -0.4 is 10.6 Å². The zero-order chi connectivity index (χ0) is 18.8. The molecular formula is C19H21N3O4S. The zero-order valence-electron chi connectivity index (χ0n) is 14.5. The normalized spacial score (nSPS) is 29.7. The Morgan fingerprint density at radius 2 is 2.04 bits per heavy atom. The summed E-state index contributed by atoms with van der Waals surface area (Å²) in [6.45, 7) is 0.470. The second kappa shape index (κ2) is 7.75. The molecule has 1 aliphatic heterocycles. The number of hydrogen-bond acceptors (Lipinski definition) is 7. The topological polar surface area (TPSA) is 107 Å². The summed E-state index contributed by atoms with van der Waals surface area (Å²) < 4.78 is 5.30. The molecule has 1 aromatic heterocycles. The van der Waals surface area contributed by atoms with Crippen molar-refractivity contribution in [2.75, 3.05) is 5.32 Å². The summed E-state index contributed by atoms with van der Waals surface area (Å²) in [5.74, 6) is 0.148. The van der Waals surface area contributed by atoms with Gasteiger partial charge in [0.1, 0.15) is 11.9 Å². The first kappa shape index (κ1) is 18.1. The van der Waals surface area contributed by atoms with E-state index in [0.717, 1.165) is 5.76 Å². The lowest BCUT2D eigenvalue weighted by Gasteiger charge is -2.37. The quantitative estimate of drug-likeness (QED) is 0.635. The van der Waals surface area contributed by atoms with E-state index in [9.17, 15) is 15.0 Å². The average Bonchev–Trinajstić information content (AvgIpc) is 3.33. The summed E-state index contributed by atoms with van der Waals surface area (Å²) in [5.41, 5.74) is 0.708. The lowest BCUT2D eigenvalue weighted by Crippen LogP contribution is -2.52. The van der Waals surface area contributed by atoms with E-state index in [1.54, 1.807) is 6.26 Å². The smallest absolute Gasteiger partial charge is 0.228 e. The molecular weight excluding hydrogens is 366 g/mol. The van der Waals surface area contributed by atoms with Crippen LogP contribution in [0.4, 0.5) is 5.69 Å². The molecule has 0 radical (unpaired) electrons. The van der Waals surface area contributed by atoms with Crippen molar-refractivity contribution in [3.05, 3.63) is 54.5 Å². The van der Waals surface area contributed by atoms with Gasteiger partial charge >= 0.3 is 0 Å². The van der Waals surface area contributed by atoms with E-state index in [1.807, 2.05) is 42.5 Å². The second-order valence-electron chi connectivity index (χ2n) is 6.70. The van der Waals surface area contributed by atoms with Crippen LogP contribution in [0.2, 0.25) is 0 Å². The Balaban J connectivity index is 1.46. The highest BCUT2D eigenvalue weighted by Gasteiger charge is 2.50. The molecule has 142 valence electrons. The lowest BCUT2D eigenvalue weighted by molar-refractivity contribution is -0.124. The van der Waals surface area contributed by atoms with E-state index in [0.29, 0.717) is 17.4 Å². The van der Waals surface area contributed by atoms with Gasteiger partial charge in [-0.05, 0) is 30.7 Å². The van der Waals surface area contributed by atoms with Crippen LogP contribution in [0.15, 0.2) is 58.1 Å². The highest BCUT2D eigenvalue weighted by Crippen LogP contribution is 2.41. The van der Waals surface area contributed by atoms with Crippen LogP contribution in [0.1, 0.15) is 12.2 Å². The van der Waals surface area contributed by atoms with Crippen molar-refractivity contribution in [2.24, 2.45) is 10.9 Å². The minimum Gasteiger partial charge on any atom is -0.467 e. The van der Waals surface area contributed by atoms with E-state index in [2.05, 4.69) is 15.6 Å². The molecule has 2 aromatic rings. The van der Waals surface area contributed by atoms with E-state index in [4.69, 9.17) is 4.42 Å². The molecule has 2 aliphatic rings. The number of thioether (sulfide) groups is 1. The molecule has 0 saturated heterocycles. The monoisotopic (exact) mass is 387 g/mol. The standard InChI is InChI=1S/C19H21N3O4S/c23-14-9-13(18(25)21-11-5-2-1-3-6-11)17-15(16(14)24)22-19(27-17)20-10-12-7-4-8-26-12/h1-8,13-17,23-24H,9-10H2,(H,20,22)(H,21,25)/t13-,14+,15-,16-,17+/m0/s1. The number of benzene rings is 1. The summed E-state index contributed by atoms with van der Waals surface area (Å²) in [5, 5.41) is 27.1. The number of anilines is 1. The summed E-state index contributed by atoms with van der Waals surface area (Å²) in [6, 6.07) is 12.4. The number of amidine groups is 1. The predicted octanol–water partition coefficient (Wildman–Crippen LogP) is 1.59. The lowest BCUT2D eigenvalue weighted by atomic mass is 9.81. The first-order valence-electron chi connectivity index (χ1n) is 8.84. The van der Waals surface area contributed by atoms with Crippen molar-refractivity contribution in [1.29, 1.82) is 0 Å². The molecule has 5 atom stereocenters. The maximum absolute atomic E-state index is 12.8. The number of fused-ring (bicyclic) bond motifs is 1. The maximum Gasteiger partial charge on any atom is 0.228 e. The van der Waals surface area contributed by atoms with E-state index < -0.39 is 24.2 Å². The van der Waals surface area contributed by atoms with Gasteiger partial charge in [0.05, 0.1) is 30.9 Å². The number of carbonyl (C=O) groups is 1. The maximum atomic E-state index is 12.8. The van der Waals surface area contributed by atoms with Crippen molar-refractivity contribution in [2.45, 2.75) is 36.5 Å². The Morgan fingerprint density at radius 3 is 2.78 bits per heavy atom. The summed E-state index contributed by atoms with van der Waals surface area (Å²) in [6.07, 6.45) is -0.155. The molecule has 4 rings (SSSR count). The average molecular weight is 387 g/mol. The molecule has 1 amide bonds. The Kier molecular flexibility index (Phi) is 5.20.